The summed E-state index contributed by atoms with van der Waals surface area (Å²) in [6, 6.07) is 3.86. The first-order valence-corrected chi connectivity index (χ1v) is 12.3. The first-order valence-electron chi connectivity index (χ1n) is 12.3. The number of carboxylic acid groups (broad SMARTS) is 1. The minimum atomic E-state index is -1.16. The van der Waals surface area contributed by atoms with Crippen LogP contribution in [0, 0.1) is 46.2 Å². The lowest BCUT2D eigenvalue weighted by Crippen LogP contribution is -2.40. The van der Waals surface area contributed by atoms with Gasteiger partial charge in [0.25, 0.3) is 5.91 Å². The zero-order valence-electron chi connectivity index (χ0n) is 18.6. The molecule has 6 fully saturated rings. The Hall–Kier alpha value is -2.62. The van der Waals surface area contributed by atoms with Crippen LogP contribution in [0.5, 0.6) is 5.75 Å². The number of likely N-dealkylation sites (tertiary alicyclic amines) is 1. The molecule has 1 amide bonds. The Morgan fingerprint density at radius 3 is 2.52 bits per heavy atom. The lowest BCUT2D eigenvalue weighted by molar-refractivity contribution is -0.141. The number of halogens is 1. The molecule has 4 atom stereocenters. The quantitative estimate of drug-likeness (QED) is 0.693. The third-order valence-corrected chi connectivity index (χ3v) is 8.96. The maximum absolute atomic E-state index is 15.2. The van der Waals surface area contributed by atoms with E-state index in [1.165, 1.54) is 38.2 Å². The van der Waals surface area contributed by atoms with Crippen LogP contribution in [0.2, 0.25) is 0 Å². The number of benzene rings is 1. The lowest BCUT2D eigenvalue weighted by Gasteiger charge is -2.38. The summed E-state index contributed by atoms with van der Waals surface area (Å²) in [5, 5.41) is 18.7. The number of hydrogen-bond donors (Lipinski definition) is 1. The number of amides is 1. The van der Waals surface area contributed by atoms with E-state index >= 15 is 4.39 Å². The van der Waals surface area contributed by atoms with Gasteiger partial charge in [0.15, 0.2) is 0 Å². The summed E-state index contributed by atoms with van der Waals surface area (Å²) in [5.41, 5.74) is 0.959. The smallest absolute Gasteiger partial charge is 0.326 e. The Kier molecular flexibility index (Phi) is 4.73. The van der Waals surface area contributed by atoms with Gasteiger partial charge in [0.1, 0.15) is 17.6 Å². The van der Waals surface area contributed by atoms with Gasteiger partial charge in [-0.3, -0.25) is 4.79 Å². The molecule has 5 saturated carbocycles. The Labute approximate surface area is 192 Å². The van der Waals surface area contributed by atoms with Gasteiger partial charge in [-0.05, 0) is 86.7 Å². The summed E-state index contributed by atoms with van der Waals surface area (Å²) in [7, 11) is 0. The molecule has 4 bridgehead atoms. The Morgan fingerprint density at radius 2 is 1.91 bits per heavy atom. The predicted octanol–water partition coefficient (Wildman–Crippen LogP) is 4.35. The maximum Gasteiger partial charge on any atom is 0.326 e. The largest absolute Gasteiger partial charge is 0.493 e. The number of nitriles is 1. The van der Waals surface area contributed by atoms with Crippen molar-refractivity contribution in [3.05, 3.63) is 29.1 Å². The minimum Gasteiger partial charge on any atom is -0.493 e. The Bertz CT molecular complexity index is 1040. The first-order chi connectivity index (χ1) is 15.9. The number of nitrogens with zero attached hydrogens (tertiary/aromatic N) is 2. The average Bonchev–Trinajstić information content (AvgIpc) is 3.40. The van der Waals surface area contributed by atoms with E-state index < -0.39 is 29.7 Å². The van der Waals surface area contributed by atoms with Crippen molar-refractivity contribution in [1.82, 2.24) is 4.90 Å². The second kappa shape index (κ2) is 7.44. The van der Waals surface area contributed by atoms with E-state index in [4.69, 9.17) is 4.74 Å². The van der Waals surface area contributed by atoms with Gasteiger partial charge in [0, 0.05) is 18.0 Å². The van der Waals surface area contributed by atoms with Crippen LogP contribution in [0.3, 0.4) is 0 Å². The molecule has 33 heavy (non-hydrogen) atoms. The third kappa shape index (κ3) is 3.50. The number of carbonyl (C=O) groups excluding carboxylic acids is 1. The molecule has 6 aliphatic rings. The molecule has 2 unspecified atom stereocenters. The summed E-state index contributed by atoms with van der Waals surface area (Å²) in [6.45, 7) is 0.620. The van der Waals surface area contributed by atoms with Crippen molar-refractivity contribution >= 4 is 11.9 Å². The molecule has 1 aromatic carbocycles. The maximum atomic E-state index is 15.2. The molecule has 1 aromatic rings. The average molecular weight is 453 g/mol. The normalized spacial score (nSPS) is 36.2. The van der Waals surface area contributed by atoms with Crippen molar-refractivity contribution in [3.8, 4) is 11.8 Å². The molecule has 7 rings (SSSR count). The zero-order valence-corrected chi connectivity index (χ0v) is 18.6. The second-order valence-electron chi connectivity index (χ2n) is 11.3. The highest BCUT2D eigenvalue weighted by atomic mass is 19.1. The van der Waals surface area contributed by atoms with Gasteiger partial charge in [0.2, 0.25) is 0 Å². The van der Waals surface area contributed by atoms with Gasteiger partial charge < -0.3 is 14.7 Å². The van der Waals surface area contributed by atoms with Crippen LogP contribution >= 0.6 is 0 Å². The molecule has 0 radical (unpaired) electrons. The summed E-state index contributed by atoms with van der Waals surface area (Å²) in [4.78, 5) is 25.9. The van der Waals surface area contributed by atoms with Crippen LogP contribution in [0.4, 0.5) is 4.39 Å². The fourth-order valence-electron chi connectivity index (χ4n) is 7.50. The highest BCUT2D eigenvalue weighted by Crippen LogP contribution is 2.64. The van der Waals surface area contributed by atoms with Gasteiger partial charge >= 0.3 is 5.97 Å². The molecular formula is C26H29FN2O4. The van der Waals surface area contributed by atoms with Gasteiger partial charge in [0.05, 0.1) is 24.2 Å². The molecule has 1 aliphatic heterocycles. The molecule has 1 saturated heterocycles. The fraction of sp³-hybridized carbons (Fsp3) is 0.654. The molecule has 5 aliphatic carbocycles. The van der Waals surface area contributed by atoms with E-state index in [0.717, 1.165) is 41.1 Å². The van der Waals surface area contributed by atoms with Gasteiger partial charge in [-0.25, -0.2) is 9.18 Å². The predicted molar refractivity (Wildman–Crippen MR) is 116 cm³/mol. The molecular weight excluding hydrogens is 423 g/mol. The number of carbonyl (C=O) groups is 2. The summed E-state index contributed by atoms with van der Waals surface area (Å²) in [6.07, 6.45) is 8.41. The lowest BCUT2D eigenvalue weighted by atomic mass is 9.70. The van der Waals surface area contributed by atoms with E-state index in [-0.39, 0.29) is 29.9 Å². The Balaban J connectivity index is 1.25. The molecule has 6 nitrogen and oxygen atoms in total. The summed E-state index contributed by atoms with van der Waals surface area (Å²) >= 11 is 0. The van der Waals surface area contributed by atoms with Crippen molar-refractivity contribution in [2.75, 3.05) is 13.2 Å². The molecule has 0 aromatic heterocycles. The van der Waals surface area contributed by atoms with Crippen LogP contribution in [-0.2, 0) is 4.79 Å². The van der Waals surface area contributed by atoms with E-state index in [0.29, 0.717) is 12.4 Å². The van der Waals surface area contributed by atoms with Crippen molar-refractivity contribution in [2.45, 2.75) is 63.3 Å². The number of hydrogen-bond acceptors (Lipinski definition) is 4. The van der Waals surface area contributed by atoms with Crippen molar-refractivity contribution in [2.24, 2.45) is 29.1 Å². The Morgan fingerprint density at radius 1 is 1.18 bits per heavy atom. The van der Waals surface area contributed by atoms with Gasteiger partial charge in [-0.15, -0.1) is 0 Å². The van der Waals surface area contributed by atoms with E-state index in [1.54, 1.807) is 6.07 Å². The van der Waals surface area contributed by atoms with E-state index in [1.807, 2.05) is 6.07 Å². The monoisotopic (exact) mass is 452 g/mol. The van der Waals surface area contributed by atoms with E-state index in [2.05, 4.69) is 0 Å². The fourth-order valence-corrected chi connectivity index (χ4v) is 7.50. The number of rotatable bonds is 6. The highest BCUT2D eigenvalue weighted by Gasteiger charge is 2.56. The standard InChI is InChI=1S/C26H29FN2O4/c27-21-7-23(33-13-26-8-14-3-17(9-26)18(4-14)10-26)19(16-1-2-16)6-20(21)24(30)29-12-15(11-28)5-22(29)25(31)32/h6-7,14-18,22H,1-5,8-10,12-13H2,(H,31,32)/t14?,15-,17?,18?,22+,26?/m1/s1. The molecule has 174 valence electrons. The van der Waals surface area contributed by atoms with E-state index in [9.17, 15) is 20.0 Å². The van der Waals surface area contributed by atoms with Crippen molar-refractivity contribution in [1.29, 1.82) is 5.26 Å². The number of carboxylic acids is 1. The highest BCUT2D eigenvalue weighted by molar-refractivity contribution is 5.97. The topological polar surface area (TPSA) is 90.6 Å². The molecule has 1 N–H and O–H groups in total. The van der Waals surface area contributed by atoms with Crippen LogP contribution in [0.25, 0.3) is 0 Å². The zero-order chi connectivity index (χ0) is 22.9. The third-order valence-electron chi connectivity index (χ3n) is 8.96. The second-order valence-corrected chi connectivity index (χ2v) is 11.3. The molecule has 1 heterocycles. The van der Waals surface area contributed by atoms with Crippen molar-refractivity contribution in [3.63, 3.8) is 0 Å². The van der Waals surface area contributed by atoms with Gasteiger partial charge in [-0.2, -0.15) is 5.26 Å². The minimum absolute atomic E-state index is 0.00870. The summed E-state index contributed by atoms with van der Waals surface area (Å²) < 4.78 is 21.5. The van der Waals surface area contributed by atoms with Crippen LogP contribution in [0.1, 0.15) is 73.2 Å². The van der Waals surface area contributed by atoms with Crippen molar-refractivity contribution < 1.29 is 23.8 Å². The summed E-state index contributed by atoms with van der Waals surface area (Å²) in [5.74, 6) is 0.233. The van der Waals surface area contributed by atoms with Crippen LogP contribution < -0.4 is 4.74 Å². The molecule has 7 heteroatoms. The number of ether oxygens (including phenoxy) is 1. The van der Waals surface area contributed by atoms with Gasteiger partial charge in [-0.1, -0.05) is 0 Å². The molecule has 0 spiro atoms. The SMILES string of the molecule is N#C[C@H]1C[C@@H](C(=O)O)N(C(=O)c2cc(C3CC3)c(OCC34CC5CC(C3)C(C5)C4)cc2F)C1. The first kappa shape index (κ1) is 20.9. The van der Waals surface area contributed by atoms with Crippen LogP contribution in [-0.4, -0.2) is 41.1 Å². The number of aliphatic carboxylic acids is 1. The van der Waals surface area contributed by atoms with Crippen LogP contribution in [0.15, 0.2) is 12.1 Å².